The molecule has 36 heavy (non-hydrogen) atoms. The van der Waals surface area contributed by atoms with Crippen LogP contribution in [0.5, 0.6) is 0 Å². The zero-order chi connectivity index (χ0) is 24.7. The summed E-state index contributed by atoms with van der Waals surface area (Å²) in [6, 6.07) is 1.22. The summed E-state index contributed by atoms with van der Waals surface area (Å²) in [6.07, 6.45) is 10.8. The second kappa shape index (κ2) is 11.0. The number of aromatic nitrogens is 2. The molecular weight excluding hydrogens is 487 g/mol. The van der Waals surface area contributed by atoms with Gasteiger partial charge >= 0.3 is 29.6 Å². The third kappa shape index (κ3) is 5.48. The first-order valence-electron chi connectivity index (χ1n) is 12.7. The van der Waals surface area contributed by atoms with Gasteiger partial charge in [0, 0.05) is 18.8 Å². The average Bonchev–Trinajstić information content (AvgIpc) is 3.53. The number of likely N-dealkylation sites (N-methyl/N-ethyl adjacent to an activating group) is 1. The molecule has 5 rings (SSSR count). The van der Waals surface area contributed by atoms with Crippen LogP contribution in [-0.2, 0) is 35.9 Å². The van der Waals surface area contributed by atoms with Gasteiger partial charge in [0.25, 0.3) is 10.2 Å². The van der Waals surface area contributed by atoms with Crippen LogP contribution in [0, 0.1) is 0 Å². The van der Waals surface area contributed by atoms with E-state index >= 15 is 0 Å². The molecule has 1 N–H and O–H groups in total. The molecule has 190 valence electrons. The van der Waals surface area contributed by atoms with Crippen LogP contribution < -0.4 is 39.2 Å². The Kier molecular flexibility index (Phi) is 8.41. The number of amides is 2. The van der Waals surface area contributed by atoms with E-state index in [9.17, 15) is 13.2 Å². The summed E-state index contributed by atoms with van der Waals surface area (Å²) in [5, 5.41) is 7.24. The van der Waals surface area contributed by atoms with Crippen LogP contribution >= 0.6 is 0 Å². The Morgan fingerprint density at radius 2 is 1.81 bits per heavy atom. The van der Waals surface area contributed by atoms with E-state index in [1.807, 2.05) is 20.9 Å². The number of likely N-dealkylation sites (tertiary alicyclic amines) is 1. The summed E-state index contributed by atoms with van der Waals surface area (Å²) in [4.78, 5) is 15.2. The summed E-state index contributed by atoms with van der Waals surface area (Å²) < 4.78 is 34.1. The van der Waals surface area contributed by atoms with Gasteiger partial charge in [-0.25, -0.2) is 8.42 Å². The molecule has 0 spiro atoms. The van der Waals surface area contributed by atoms with Gasteiger partial charge in [-0.15, -0.1) is 0 Å². The minimum absolute atomic E-state index is 0. The van der Waals surface area contributed by atoms with Crippen molar-refractivity contribution in [2.75, 3.05) is 29.8 Å². The number of rotatable bonds is 6. The van der Waals surface area contributed by atoms with Crippen LogP contribution in [0.1, 0.15) is 67.8 Å². The van der Waals surface area contributed by atoms with Crippen molar-refractivity contribution in [1.29, 1.82) is 0 Å². The number of urea groups is 1. The molecule has 0 bridgehead atoms. The maximum absolute atomic E-state index is 13.6. The summed E-state index contributed by atoms with van der Waals surface area (Å²) in [5.41, 5.74) is 6.09. The SMILES string of the molecule is CC(C)n1cc(N(C2CCCN(C)C2)S(=O)(=O)[N-]C(=O)Nc2c3c(cc4c2CCC4)CCC3)cn1.[Na+]. The predicted molar refractivity (Wildman–Crippen MR) is 137 cm³/mol. The van der Waals surface area contributed by atoms with E-state index in [-0.39, 0.29) is 41.6 Å². The first-order chi connectivity index (χ1) is 16.7. The Morgan fingerprint density at radius 3 is 2.39 bits per heavy atom. The number of aryl methyl sites for hydroxylation is 2. The number of piperidine rings is 1. The van der Waals surface area contributed by atoms with Gasteiger partial charge in [-0.3, -0.25) is 13.8 Å². The Bertz CT molecular complexity index is 1200. The third-order valence-corrected chi connectivity index (χ3v) is 8.86. The van der Waals surface area contributed by atoms with Crippen molar-refractivity contribution in [1.82, 2.24) is 14.7 Å². The van der Waals surface area contributed by atoms with Gasteiger partial charge < -0.3 is 14.9 Å². The first kappa shape index (κ1) is 27.4. The maximum atomic E-state index is 13.6. The van der Waals surface area contributed by atoms with Crippen LogP contribution in [-0.4, -0.2) is 55.3 Å². The fraction of sp³-hybridized carbons (Fsp3) is 0.600. The van der Waals surface area contributed by atoms with Crippen molar-refractivity contribution in [3.8, 4) is 0 Å². The Morgan fingerprint density at radius 1 is 1.14 bits per heavy atom. The van der Waals surface area contributed by atoms with E-state index in [2.05, 4.69) is 26.1 Å². The molecule has 1 aromatic carbocycles. The summed E-state index contributed by atoms with van der Waals surface area (Å²) >= 11 is 0. The molecule has 2 heterocycles. The zero-order valence-electron chi connectivity index (χ0n) is 21.8. The number of nitrogens with zero attached hydrogens (tertiary/aromatic N) is 5. The molecule has 0 radical (unpaired) electrons. The smallest absolute Gasteiger partial charge is 0.423 e. The normalized spacial score (nSPS) is 19.5. The number of benzene rings is 1. The van der Waals surface area contributed by atoms with Crippen LogP contribution in [0.2, 0.25) is 0 Å². The van der Waals surface area contributed by atoms with E-state index in [4.69, 9.17) is 0 Å². The van der Waals surface area contributed by atoms with Gasteiger partial charge in [-0.2, -0.15) is 5.10 Å². The molecule has 2 amide bonds. The molecule has 9 nitrogen and oxygen atoms in total. The molecule has 0 saturated carbocycles. The Balaban J connectivity index is 0.00000304. The molecule has 11 heteroatoms. The van der Waals surface area contributed by atoms with E-state index < -0.39 is 16.2 Å². The predicted octanol–water partition coefficient (Wildman–Crippen LogP) is 1.20. The number of carbonyl (C=O) groups excluding carboxylic acids is 1. The zero-order valence-corrected chi connectivity index (χ0v) is 24.6. The van der Waals surface area contributed by atoms with Gasteiger partial charge in [-0.1, -0.05) is 6.07 Å². The van der Waals surface area contributed by atoms with Crippen molar-refractivity contribution >= 4 is 27.6 Å². The average molecular weight is 523 g/mol. The van der Waals surface area contributed by atoms with Crippen LogP contribution in [0.25, 0.3) is 4.72 Å². The van der Waals surface area contributed by atoms with Crippen LogP contribution in [0.15, 0.2) is 18.5 Å². The number of hydrogen-bond donors (Lipinski definition) is 1. The Labute approximate surface area is 236 Å². The van der Waals surface area contributed by atoms with Gasteiger partial charge in [0.15, 0.2) is 6.03 Å². The van der Waals surface area contributed by atoms with Gasteiger partial charge in [0.1, 0.15) is 0 Å². The molecule has 2 aliphatic carbocycles. The van der Waals surface area contributed by atoms with Gasteiger partial charge in [0.2, 0.25) is 0 Å². The van der Waals surface area contributed by atoms with Crippen molar-refractivity contribution in [3.63, 3.8) is 0 Å². The largest absolute Gasteiger partial charge is 1.00 e. The second-order valence-electron chi connectivity index (χ2n) is 10.4. The summed E-state index contributed by atoms with van der Waals surface area (Å²) in [6.45, 7) is 5.46. The quantitative estimate of drug-likeness (QED) is 0.575. The summed E-state index contributed by atoms with van der Waals surface area (Å²) in [7, 11) is -2.31. The van der Waals surface area contributed by atoms with Crippen molar-refractivity contribution in [2.24, 2.45) is 0 Å². The fourth-order valence-corrected chi connectivity index (χ4v) is 7.09. The second-order valence-corrected chi connectivity index (χ2v) is 11.8. The number of anilines is 2. The van der Waals surface area contributed by atoms with Crippen LogP contribution in [0.3, 0.4) is 0 Å². The fourth-order valence-electron chi connectivity index (χ4n) is 5.83. The van der Waals surface area contributed by atoms with Crippen LogP contribution in [0.4, 0.5) is 16.2 Å². The molecule has 2 aromatic rings. The minimum atomic E-state index is -4.29. The number of carbonyl (C=O) groups is 1. The third-order valence-electron chi connectivity index (χ3n) is 7.45. The number of fused-ring (bicyclic) bond motifs is 2. The topological polar surface area (TPSA) is 102 Å². The molecule has 1 unspecified atom stereocenters. The molecule has 1 aromatic heterocycles. The van der Waals surface area contributed by atoms with E-state index in [0.29, 0.717) is 18.7 Å². The Hall–Kier alpha value is -1.59. The van der Waals surface area contributed by atoms with Gasteiger partial charge in [0.05, 0.1) is 17.9 Å². The number of hydrogen-bond acceptors (Lipinski definition) is 5. The molecule has 1 atom stereocenters. The first-order valence-corrected chi connectivity index (χ1v) is 14.1. The van der Waals surface area contributed by atoms with Crippen molar-refractivity contribution in [3.05, 3.63) is 45.4 Å². The molecule has 3 aliphatic rings. The molecular formula is C25H35N6NaO3S. The minimum Gasteiger partial charge on any atom is -0.423 e. The monoisotopic (exact) mass is 522 g/mol. The summed E-state index contributed by atoms with van der Waals surface area (Å²) in [5.74, 6) is 0. The van der Waals surface area contributed by atoms with E-state index in [0.717, 1.165) is 68.3 Å². The standard InChI is InChI=1S/C25H36N6O3S.Na/c1-17(2)30-16-21(14-26-30)31(20-9-6-12-29(3)15-20)35(33,34)28-25(32)27-24-22-10-4-7-18(22)13-19-8-5-11-23(19)24;/h13-14,16-17,20H,4-12,15H2,1-3H3,(H2,27,28,32);/q;+1/p-1. The van der Waals surface area contributed by atoms with Crippen molar-refractivity contribution in [2.45, 2.75) is 77.3 Å². The van der Waals surface area contributed by atoms with E-state index in [1.165, 1.54) is 15.4 Å². The maximum Gasteiger partial charge on any atom is 1.00 e. The van der Waals surface area contributed by atoms with Gasteiger partial charge in [-0.05, 0) is 107 Å². The molecule has 1 fully saturated rings. The number of nitrogens with one attached hydrogen (secondary N) is 1. The van der Waals surface area contributed by atoms with Crippen molar-refractivity contribution < 1.29 is 42.8 Å². The molecule has 1 aliphatic heterocycles. The molecule has 1 saturated heterocycles. The van der Waals surface area contributed by atoms with E-state index in [1.54, 1.807) is 17.1 Å².